The van der Waals surface area contributed by atoms with Gasteiger partial charge in [-0.1, -0.05) is 62.0 Å². The molecule has 0 radical (unpaired) electrons. The van der Waals surface area contributed by atoms with Crippen molar-refractivity contribution in [3.63, 3.8) is 0 Å². The Labute approximate surface area is 184 Å². The number of aliphatic imine (C=N–C) groups is 1. The van der Waals surface area contributed by atoms with Crippen molar-refractivity contribution in [2.75, 3.05) is 52.5 Å². The minimum absolute atomic E-state index is 0.0914. The lowest BCUT2D eigenvalue weighted by atomic mass is 10.1. The number of ether oxygens (including phenoxy) is 1. The molecule has 0 atom stereocenters. The van der Waals surface area contributed by atoms with Crippen LogP contribution in [-0.4, -0.2) is 73.3 Å². The third-order valence-electron chi connectivity index (χ3n) is 5.18. The maximum absolute atomic E-state index is 8.81. The molecule has 0 spiro atoms. The number of hydrogen-bond acceptors (Lipinski definition) is 6. The second-order valence-electron chi connectivity index (χ2n) is 7.01. The summed E-state index contributed by atoms with van der Waals surface area (Å²) in [4.78, 5) is 12.5. The number of hydrogen-bond donors (Lipinski definition) is 1. The second-order valence-corrected chi connectivity index (χ2v) is 8.09. The van der Waals surface area contributed by atoms with Crippen LogP contribution in [0.5, 0.6) is 0 Å². The van der Waals surface area contributed by atoms with E-state index in [2.05, 4.69) is 58.3 Å². The van der Waals surface area contributed by atoms with E-state index in [1.165, 1.54) is 20.9 Å². The molecule has 0 unspecified atom stereocenters. The van der Waals surface area contributed by atoms with Crippen molar-refractivity contribution in [2.45, 2.75) is 30.2 Å². The van der Waals surface area contributed by atoms with Gasteiger partial charge in [0.25, 0.3) is 0 Å². The van der Waals surface area contributed by atoms with E-state index in [4.69, 9.17) is 14.8 Å². The average Bonchev–Trinajstić information content (AvgIpc) is 2.79. The highest BCUT2D eigenvalue weighted by molar-refractivity contribution is 7.99. The molecule has 162 valence electrons. The minimum Gasteiger partial charge on any atom is -0.394 e. The van der Waals surface area contributed by atoms with E-state index in [0.717, 1.165) is 45.1 Å². The fraction of sp³-hybridized carbons (Fsp3) is 0.458. The van der Waals surface area contributed by atoms with Crippen molar-refractivity contribution >= 4 is 17.6 Å². The highest BCUT2D eigenvalue weighted by Gasteiger charge is 2.24. The van der Waals surface area contributed by atoms with Gasteiger partial charge in [-0.05, 0) is 17.7 Å². The van der Waals surface area contributed by atoms with Crippen LogP contribution in [0.15, 0.2) is 63.3 Å². The number of aliphatic hydroxyl groups is 1. The number of piperazine rings is 1. The van der Waals surface area contributed by atoms with Gasteiger partial charge in [-0.15, -0.1) is 0 Å². The number of amidine groups is 1. The largest absolute Gasteiger partial charge is 0.394 e. The Morgan fingerprint density at radius 2 is 1.63 bits per heavy atom. The average molecular weight is 428 g/mol. The lowest BCUT2D eigenvalue weighted by molar-refractivity contribution is 0.0652. The van der Waals surface area contributed by atoms with Crippen molar-refractivity contribution in [2.24, 2.45) is 4.99 Å². The Balaban J connectivity index is 0.00000124. The molecule has 2 aliphatic heterocycles. The summed E-state index contributed by atoms with van der Waals surface area (Å²) in [5, 5.41) is 8.81. The van der Waals surface area contributed by atoms with E-state index in [1.54, 1.807) is 0 Å². The lowest BCUT2D eigenvalue weighted by Gasteiger charge is -2.37. The topological polar surface area (TPSA) is 48.3 Å². The summed E-state index contributed by atoms with van der Waals surface area (Å²) in [6.07, 6.45) is 0. The summed E-state index contributed by atoms with van der Waals surface area (Å²) in [5.74, 6) is 1.12. The molecule has 0 bridgehead atoms. The monoisotopic (exact) mass is 427 g/mol. The van der Waals surface area contributed by atoms with Crippen molar-refractivity contribution in [1.82, 2.24) is 9.80 Å². The Kier molecular flexibility index (Phi) is 9.21. The van der Waals surface area contributed by atoms with E-state index in [0.29, 0.717) is 13.2 Å². The van der Waals surface area contributed by atoms with Gasteiger partial charge in [-0.3, -0.25) is 9.89 Å². The normalized spacial score (nSPS) is 16.4. The molecular formula is C24H33N3O2S. The summed E-state index contributed by atoms with van der Waals surface area (Å²) in [5.41, 5.74) is 2.53. The maximum Gasteiger partial charge on any atom is 0.132 e. The first kappa shape index (κ1) is 22.8. The van der Waals surface area contributed by atoms with Crippen LogP contribution >= 0.6 is 11.8 Å². The molecule has 0 saturated carbocycles. The minimum atomic E-state index is 0.0914. The molecule has 6 heteroatoms. The molecule has 1 N–H and O–H groups in total. The first-order valence-corrected chi connectivity index (χ1v) is 11.7. The number of benzene rings is 2. The van der Waals surface area contributed by atoms with E-state index >= 15 is 0 Å². The zero-order chi connectivity index (χ0) is 21.2. The van der Waals surface area contributed by atoms with Crippen LogP contribution in [0.4, 0.5) is 0 Å². The van der Waals surface area contributed by atoms with Crippen LogP contribution in [-0.2, 0) is 11.3 Å². The van der Waals surface area contributed by atoms with E-state index in [-0.39, 0.29) is 6.61 Å². The molecule has 1 fully saturated rings. The van der Waals surface area contributed by atoms with Crippen LogP contribution in [0.1, 0.15) is 25.0 Å². The number of fused-ring (bicyclic) bond motifs is 2. The SMILES string of the molecule is CC.OCCOCCN1CCN(C2=NCc3ccccc3Sc3ccccc32)CC1. The Hall–Kier alpha value is -1.86. The van der Waals surface area contributed by atoms with Crippen molar-refractivity contribution < 1.29 is 9.84 Å². The number of aliphatic hydroxyl groups excluding tert-OH is 1. The van der Waals surface area contributed by atoms with Crippen LogP contribution in [0.2, 0.25) is 0 Å². The van der Waals surface area contributed by atoms with Gasteiger partial charge in [-0.25, -0.2) is 0 Å². The van der Waals surface area contributed by atoms with Gasteiger partial charge in [0.05, 0.1) is 26.4 Å². The number of rotatable bonds is 5. The Morgan fingerprint density at radius 1 is 0.933 bits per heavy atom. The Bertz CT molecular complexity index is 820. The molecule has 30 heavy (non-hydrogen) atoms. The Morgan fingerprint density at radius 3 is 2.40 bits per heavy atom. The first-order chi connectivity index (χ1) is 14.8. The van der Waals surface area contributed by atoms with Gasteiger partial charge in [0, 0.05) is 48.1 Å². The molecule has 2 heterocycles. The summed E-state index contributed by atoms with van der Waals surface area (Å²) < 4.78 is 5.41. The fourth-order valence-electron chi connectivity index (χ4n) is 3.65. The standard InChI is InChI=1S/C22H27N3O2S.C2H6/c26-14-16-27-15-13-24-9-11-25(12-10-24)22-19-6-2-4-8-21(19)28-20-7-3-1-5-18(20)17-23-22;1-2/h1-8,26H,9-17H2;1-2H3. The van der Waals surface area contributed by atoms with Crippen LogP contribution in [0, 0.1) is 0 Å². The summed E-state index contributed by atoms with van der Waals surface area (Å²) in [7, 11) is 0. The molecule has 1 saturated heterocycles. The quantitative estimate of drug-likeness (QED) is 0.737. The molecule has 5 nitrogen and oxygen atoms in total. The van der Waals surface area contributed by atoms with Crippen molar-refractivity contribution in [3.05, 3.63) is 59.7 Å². The summed E-state index contributed by atoms with van der Waals surface area (Å²) in [6.45, 7) is 10.8. The first-order valence-electron chi connectivity index (χ1n) is 10.9. The fourth-order valence-corrected chi connectivity index (χ4v) is 4.72. The molecule has 4 rings (SSSR count). The predicted molar refractivity (Wildman–Crippen MR) is 125 cm³/mol. The molecule has 0 aliphatic carbocycles. The van der Waals surface area contributed by atoms with Gasteiger partial charge in [-0.2, -0.15) is 0 Å². The van der Waals surface area contributed by atoms with Gasteiger partial charge >= 0.3 is 0 Å². The van der Waals surface area contributed by atoms with Crippen molar-refractivity contribution in [3.8, 4) is 0 Å². The van der Waals surface area contributed by atoms with Crippen LogP contribution < -0.4 is 0 Å². The van der Waals surface area contributed by atoms with Gasteiger partial charge in [0.1, 0.15) is 5.84 Å². The van der Waals surface area contributed by atoms with Gasteiger partial charge in [0.15, 0.2) is 0 Å². The second kappa shape index (κ2) is 12.1. The highest BCUT2D eigenvalue weighted by Crippen LogP contribution is 2.35. The zero-order valence-electron chi connectivity index (χ0n) is 18.1. The third-order valence-corrected chi connectivity index (χ3v) is 6.37. The molecule has 2 aromatic rings. The number of nitrogens with zero attached hydrogens (tertiary/aromatic N) is 3. The summed E-state index contributed by atoms with van der Waals surface area (Å²) in [6, 6.07) is 17.2. The van der Waals surface area contributed by atoms with Crippen LogP contribution in [0.3, 0.4) is 0 Å². The third kappa shape index (κ3) is 5.85. The van der Waals surface area contributed by atoms with E-state index < -0.39 is 0 Å². The van der Waals surface area contributed by atoms with Gasteiger partial charge in [0.2, 0.25) is 0 Å². The molecule has 0 aromatic heterocycles. The molecule has 0 amide bonds. The highest BCUT2D eigenvalue weighted by atomic mass is 32.2. The molecule has 2 aromatic carbocycles. The van der Waals surface area contributed by atoms with E-state index in [9.17, 15) is 0 Å². The van der Waals surface area contributed by atoms with Crippen molar-refractivity contribution in [1.29, 1.82) is 0 Å². The molecular weight excluding hydrogens is 394 g/mol. The maximum atomic E-state index is 8.81. The smallest absolute Gasteiger partial charge is 0.132 e. The van der Waals surface area contributed by atoms with Crippen LogP contribution in [0.25, 0.3) is 0 Å². The zero-order valence-corrected chi connectivity index (χ0v) is 18.9. The van der Waals surface area contributed by atoms with E-state index in [1.807, 2.05) is 25.6 Å². The van der Waals surface area contributed by atoms with Gasteiger partial charge < -0.3 is 14.7 Å². The lowest BCUT2D eigenvalue weighted by Crippen LogP contribution is -2.49. The predicted octanol–water partition coefficient (Wildman–Crippen LogP) is 3.75. The molecule has 2 aliphatic rings. The summed E-state index contributed by atoms with van der Waals surface area (Å²) >= 11 is 1.85.